The molecule has 6 nitrogen and oxygen atoms in total. The summed E-state index contributed by atoms with van der Waals surface area (Å²) in [5.41, 5.74) is 1.01. The highest BCUT2D eigenvalue weighted by Crippen LogP contribution is 2.26. The summed E-state index contributed by atoms with van der Waals surface area (Å²) in [5.74, 6) is 1.38. The van der Waals surface area contributed by atoms with Crippen molar-refractivity contribution in [2.24, 2.45) is 0 Å². The molecule has 0 saturated carbocycles. The molecule has 1 amide bonds. The van der Waals surface area contributed by atoms with Crippen molar-refractivity contribution >= 4 is 5.91 Å². The first kappa shape index (κ1) is 16.6. The standard InChI is InChI=1S/C18H24N4O2/c1-2-24-14-17(23)21-10-5-6-15(12-21)18-20-9-11-22(18)13-16-7-3-4-8-19-16/h3-4,7-9,11,15H,2,5-6,10,12-14H2,1H3/t15-/m1/s1. The van der Waals surface area contributed by atoms with E-state index >= 15 is 0 Å². The Morgan fingerprint density at radius 2 is 2.25 bits per heavy atom. The predicted molar refractivity (Wildman–Crippen MR) is 90.6 cm³/mol. The van der Waals surface area contributed by atoms with Gasteiger partial charge in [-0.2, -0.15) is 0 Å². The summed E-state index contributed by atoms with van der Waals surface area (Å²) in [6.07, 6.45) is 7.68. The van der Waals surface area contributed by atoms with Crippen LogP contribution in [0.3, 0.4) is 0 Å². The van der Waals surface area contributed by atoms with Crippen molar-refractivity contribution in [1.29, 1.82) is 0 Å². The number of pyridine rings is 1. The van der Waals surface area contributed by atoms with Gasteiger partial charge in [0.1, 0.15) is 12.4 Å². The summed E-state index contributed by atoms with van der Waals surface area (Å²) in [5, 5.41) is 0. The Bertz CT molecular complexity index is 656. The van der Waals surface area contributed by atoms with Crippen LogP contribution in [0.4, 0.5) is 0 Å². The number of hydrogen-bond donors (Lipinski definition) is 0. The number of piperidine rings is 1. The van der Waals surface area contributed by atoms with E-state index in [2.05, 4.69) is 14.5 Å². The van der Waals surface area contributed by atoms with Gasteiger partial charge in [0, 0.05) is 44.2 Å². The summed E-state index contributed by atoms with van der Waals surface area (Å²) in [7, 11) is 0. The van der Waals surface area contributed by atoms with Crippen molar-refractivity contribution in [3.8, 4) is 0 Å². The highest BCUT2D eigenvalue weighted by Gasteiger charge is 2.27. The van der Waals surface area contributed by atoms with Crippen LogP contribution in [-0.2, 0) is 16.1 Å². The van der Waals surface area contributed by atoms with Gasteiger partial charge >= 0.3 is 0 Å². The van der Waals surface area contributed by atoms with Gasteiger partial charge in [0.15, 0.2) is 0 Å². The molecular weight excluding hydrogens is 304 g/mol. The SMILES string of the molecule is CCOCC(=O)N1CCC[C@@H](c2nccn2Cc2ccccn2)C1. The topological polar surface area (TPSA) is 60.2 Å². The fraction of sp³-hybridized carbons (Fsp3) is 0.500. The monoisotopic (exact) mass is 328 g/mol. The molecule has 1 atom stereocenters. The van der Waals surface area contributed by atoms with E-state index in [0.717, 1.165) is 30.9 Å². The number of aromatic nitrogens is 3. The van der Waals surface area contributed by atoms with Gasteiger partial charge in [0.25, 0.3) is 0 Å². The summed E-state index contributed by atoms with van der Waals surface area (Å²) < 4.78 is 7.40. The van der Waals surface area contributed by atoms with Crippen LogP contribution in [0.2, 0.25) is 0 Å². The molecule has 3 heterocycles. The predicted octanol–water partition coefficient (Wildman–Crippen LogP) is 2.07. The molecule has 24 heavy (non-hydrogen) atoms. The maximum absolute atomic E-state index is 12.2. The molecule has 0 N–H and O–H groups in total. The largest absolute Gasteiger partial charge is 0.372 e. The van der Waals surface area contributed by atoms with Gasteiger partial charge in [-0.05, 0) is 31.9 Å². The van der Waals surface area contributed by atoms with Gasteiger partial charge in [-0.3, -0.25) is 9.78 Å². The summed E-state index contributed by atoms with van der Waals surface area (Å²) in [6, 6.07) is 5.93. The zero-order valence-electron chi connectivity index (χ0n) is 14.1. The van der Waals surface area contributed by atoms with Crippen LogP contribution in [0.15, 0.2) is 36.8 Å². The smallest absolute Gasteiger partial charge is 0.248 e. The van der Waals surface area contributed by atoms with Gasteiger partial charge in [0.2, 0.25) is 5.91 Å². The summed E-state index contributed by atoms with van der Waals surface area (Å²) >= 11 is 0. The molecule has 6 heteroatoms. The number of rotatable bonds is 6. The van der Waals surface area contributed by atoms with E-state index in [9.17, 15) is 4.79 Å². The van der Waals surface area contributed by atoms with Crippen LogP contribution in [0.25, 0.3) is 0 Å². The van der Waals surface area contributed by atoms with Crippen molar-refractivity contribution in [1.82, 2.24) is 19.4 Å². The molecule has 3 rings (SSSR count). The first-order valence-electron chi connectivity index (χ1n) is 8.54. The molecule has 0 radical (unpaired) electrons. The quantitative estimate of drug-likeness (QED) is 0.814. The van der Waals surface area contributed by atoms with Gasteiger partial charge in [-0.25, -0.2) is 4.98 Å². The average Bonchev–Trinajstić information content (AvgIpc) is 3.09. The van der Waals surface area contributed by atoms with E-state index in [-0.39, 0.29) is 18.4 Å². The van der Waals surface area contributed by atoms with Gasteiger partial charge in [-0.1, -0.05) is 6.07 Å². The molecule has 1 aliphatic heterocycles. The van der Waals surface area contributed by atoms with Crippen LogP contribution in [0.5, 0.6) is 0 Å². The van der Waals surface area contributed by atoms with E-state index in [0.29, 0.717) is 19.7 Å². The molecule has 0 bridgehead atoms. The van der Waals surface area contributed by atoms with Gasteiger partial charge in [-0.15, -0.1) is 0 Å². The van der Waals surface area contributed by atoms with Crippen molar-refractivity contribution in [3.05, 3.63) is 48.3 Å². The lowest BCUT2D eigenvalue weighted by Crippen LogP contribution is -2.41. The minimum atomic E-state index is 0.0735. The average molecular weight is 328 g/mol. The van der Waals surface area contributed by atoms with Crippen LogP contribution in [0, 0.1) is 0 Å². The Morgan fingerprint density at radius 3 is 3.04 bits per heavy atom. The van der Waals surface area contributed by atoms with Crippen LogP contribution < -0.4 is 0 Å². The minimum absolute atomic E-state index is 0.0735. The third-order valence-corrected chi connectivity index (χ3v) is 4.38. The molecule has 2 aromatic rings. The zero-order valence-corrected chi connectivity index (χ0v) is 14.1. The molecule has 0 aliphatic carbocycles. The number of amides is 1. The van der Waals surface area contributed by atoms with E-state index in [1.807, 2.05) is 42.4 Å². The number of carbonyl (C=O) groups excluding carboxylic acids is 1. The lowest BCUT2D eigenvalue weighted by molar-refractivity contribution is -0.137. The molecule has 2 aromatic heterocycles. The fourth-order valence-electron chi connectivity index (χ4n) is 3.18. The number of imidazole rings is 1. The molecule has 0 unspecified atom stereocenters. The fourth-order valence-corrected chi connectivity index (χ4v) is 3.18. The Hall–Kier alpha value is -2.21. The van der Waals surface area contributed by atoms with Crippen molar-refractivity contribution in [2.75, 3.05) is 26.3 Å². The normalized spacial score (nSPS) is 17.9. The van der Waals surface area contributed by atoms with Crippen molar-refractivity contribution in [2.45, 2.75) is 32.2 Å². The number of nitrogens with zero attached hydrogens (tertiary/aromatic N) is 4. The zero-order chi connectivity index (χ0) is 16.8. The molecule has 1 fully saturated rings. The number of likely N-dealkylation sites (tertiary alicyclic amines) is 1. The third kappa shape index (κ3) is 4.00. The van der Waals surface area contributed by atoms with E-state index in [4.69, 9.17) is 4.74 Å². The highest BCUT2D eigenvalue weighted by molar-refractivity contribution is 5.77. The number of carbonyl (C=O) groups is 1. The third-order valence-electron chi connectivity index (χ3n) is 4.38. The summed E-state index contributed by atoms with van der Waals surface area (Å²) in [4.78, 5) is 23.1. The Balaban J connectivity index is 1.68. The Kier molecular flexibility index (Phi) is 5.59. The second-order valence-corrected chi connectivity index (χ2v) is 6.05. The van der Waals surface area contributed by atoms with E-state index < -0.39 is 0 Å². The van der Waals surface area contributed by atoms with Crippen molar-refractivity contribution in [3.63, 3.8) is 0 Å². The van der Waals surface area contributed by atoms with Crippen LogP contribution >= 0.6 is 0 Å². The molecule has 0 aromatic carbocycles. The van der Waals surface area contributed by atoms with E-state index in [1.165, 1.54) is 0 Å². The maximum Gasteiger partial charge on any atom is 0.248 e. The first-order valence-corrected chi connectivity index (χ1v) is 8.54. The van der Waals surface area contributed by atoms with Gasteiger partial charge < -0.3 is 14.2 Å². The second-order valence-electron chi connectivity index (χ2n) is 6.05. The minimum Gasteiger partial charge on any atom is -0.372 e. The Morgan fingerprint density at radius 1 is 1.33 bits per heavy atom. The molecule has 1 saturated heterocycles. The number of ether oxygens (including phenoxy) is 1. The molecular formula is C18H24N4O2. The highest BCUT2D eigenvalue weighted by atomic mass is 16.5. The summed E-state index contributed by atoms with van der Waals surface area (Å²) in [6.45, 7) is 4.87. The number of hydrogen-bond acceptors (Lipinski definition) is 4. The molecule has 1 aliphatic rings. The second kappa shape index (κ2) is 8.06. The van der Waals surface area contributed by atoms with Crippen LogP contribution in [0.1, 0.15) is 37.2 Å². The van der Waals surface area contributed by atoms with E-state index in [1.54, 1.807) is 6.20 Å². The lowest BCUT2D eigenvalue weighted by Gasteiger charge is -2.32. The van der Waals surface area contributed by atoms with Crippen LogP contribution in [-0.4, -0.2) is 51.6 Å². The molecule has 128 valence electrons. The van der Waals surface area contributed by atoms with Crippen molar-refractivity contribution < 1.29 is 9.53 Å². The molecule has 0 spiro atoms. The first-order chi connectivity index (χ1) is 11.8. The van der Waals surface area contributed by atoms with Gasteiger partial charge in [0.05, 0.1) is 12.2 Å². The Labute approximate surface area is 142 Å². The maximum atomic E-state index is 12.2. The lowest BCUT2D eigenvalue weighted by atomic mass is 9.97.